The molecule has 6 atom stereocenters. The standard InChI is InChI=1S/C28H54O3/c1-5-9-11-13-15-19-23(17-7-3)27-25(30-27)21-29-22-26-28(31-26)24(18-8-4)20-16-14-12-10-6-2/h23-28H,5-22H2,1-4H3. The van der Waals surface area contributed by atoms with Crippen molar-refractivity contribution in [3.8, 4) is 0 Å². The quantitative estimate of drug-likeness (QED) is 0.126. The van der Waals surface area contributed by atoms with Crippen LogP contribution in [0.3, 0.4) is 0 Å². The summed E-state index contributed by atoms with van der Waals surface area (Å²) in [7, 11) is 0. The van der Waals surface area contributed by atoms with Crippen LogP contribution in [0.1, 0.15) is 130 Å². The molecule has 0 saturated carbocycles. The van der Waals surface area contributed by atoms with E-state index in [9.17, 15) is 0 Å². The van der Waals surface area contributed by atoms with Crippen molar-refractivity contribution in [3.05, 3.63) is 0 Å². The molecule has 0 N–H and O–H groups in total. The van der Waals surface area contributed by atoms with Gasteiger partial charge in [-0.05, 0) is 37.5 Å². The van der Waals surface area contributed by atoms with E-state index >= 15 is 0 Å². The van der Waals surface area contributed by atoms with Crippen molar-refractivity contribution in [2.45, 2.75) is 155 Å². The second kappa shape index (κ2) is 16.5. The van der Waals surface area contributed by atoms with Gasteiger partial charge in [0, 0.05) is 0 Å². The van der Waals surface area contributed by atoms with Crippen molar-refractivity contribution in [1.29, 1.82) is 0 Å². The van der Waals surface area contributed by atoms with Gasteiger partial charge in [0.15, 0.2) is 0 Å². The smallest absolute Gasteiger partial charge is 0.108 e. The highest BCUT2D eigenvalue weighted by Crippen LogP contribution is 2.38. The first kappa shape index (κ1) is 27.1. The second-order valence-corrected chi connectivity index (χ2v) is 10.3. The lowest BCUT2D eigenvalue weighted by atomic mass is 9.91. The van der Waals surface area contributed by atoms with Crippen molar-refractivity contribution in [2.75, 3.05) is 13.2 Å². The average molecular weight is 439 g/mol. The molecule has 0 aromatic rings. The summed E-state index contributed by atoms with van der Waals surface area (Å²) in [5, 5.41) is 0. The predicted octanol–water partition coefficient (Wildman–Crippen LogP) is 8.09. The topological polar surface area (TPSA) is 34.3 Å². The van der Waals surface area contributed by atoms with Crippen LogP contribution in [0.2, 0.25) is 0 Å². The molecular weight excluding hydrogens is 384 g/mol. The molecule has 0 amide bonds. The summed E-state index contributed by atoms with van der Waals surface area (Å²) < 4.78 is 18.2. The van der Waals surface area contributed by atoms with Crippen LogP contribution in [0.5, 0.6) is 0 Å². The third kappa shape index (κ3) is 11.0. The summed E-state index contributed by atoms with van der Waals surface area (Å²) in [5.41, 5.74) is 0. The van der Waals surface area contributed by atoms with Crippen LogP contribution in [-0.4, -0.2) is 37.6 Å². The molecule has 0 spiro atoms. The van der Waals surface area contributed by atoms with E-state index in [0.717, 1.165) is 25.0 Å². The zero-order valence-electron chi connectivity index (χ0n) is 21.4. The van der Waals surface area contributed by atoms with Crippen LogP contribution in [0.4, 0.5) is 0 Å². The molecule has 0 aliphatic carbocycles. The Kier molecular flexibility index (Phi) is 14.4. The number of epoxide rings is 2. The zero-order chi connectivity index (χ0) is 22.3. The van der Waals surface area contributed by atoms with Crippen molar-refractivity contribution in [1.82, 2.24) is 0 Å². The summed E-state index contributed by atoms with van der Waals surface area (Å²) in [5.74, 6) is 1.48. The van der Waals surface area contributed by atoms with Gasteiger partial charge < -0.3 is 14.2 Å². The van der Waals surface area contributed by atoms with Gasteiger partial charge in [0.2, 0.25) is 0 Å². The largest absolute Gasteiger partial charge is 0.376 e. The molecule has 0 aromatic heterocycles. The summed E-state index contributed by atoms with van der Waals surface area (Å²) in [4.78, 5) is 0. The van der Waals surface area contributed by atoms with E-state index in [2.05, 4.69) is 27.7 Å². The molecule has 6 unspecified atom stereocenters. The number of ether oxygens (including phenoxy) is 3. The first-order valence-corrected chi connectivity index (χ1v) is 14.1. The SMILES string of the molecule is CCCCCCCC(CCC)C1OC1COCC1OC1C(CCC)CCCCCCC. The molecule has 0 bridgehead atoms. The fraction of sp³-hybridized carbons (Fsp3) is 1.00. The van der Waals surface area contributed by atoms with Crippen LogP contribution >= 0.6 is 0 Å². The van der Waals surface area contributed by atoms with E-state index in [4.69, 9.17) is 14.2 Å². The Balaban J connectivity index is 1.56. The molecule has 0 aromatic carbocycles. The van der Waals surface area contributed by atoms with E-state index in [1.165, 1.54) is 103 Å². The third-order valence-electron chi connectivity index (χ3n) is 7.41. The lowest BCUT2D eigenvalue weighted by Gasteiger charge is -2.14. The van der Waals surface area contributed by atoms with Crippen molar-refractivity contribution in [2.24, 2.45) is 11.8 Å². The van der Waals surface area contributed by atoms with E-state index < -0.39 is 0 Å². The van der Waals surface area contributed by atoms with E-state index in [-0.39, 0.29) is 0 Å². The minimum absolute atomic E-state index is 0.342. The molecule has 0 radical (unpaired) electrons. The fourth-order valence-corrected chi connectivity index (χ4v) is 5.42. The minimum atomic E-state index is 0.342. The van der Waals surface area contributed by atoms with Gasteiger partial charge in [-0.3, -0.25) is 0 Å². The van der Waals surface area contributed by atoms with E-state index in [1.54, 1.807) is 0 Å². The lowest BCUT2D eigenvalue weighted by molar-refractivity contribution is 0.101. The Labute approximate surface area is 194 Å². The summed E-state index contributed by atoms with van der Waals surface area (Å²) >= 11 is 0. The Morgan fingerprint density at radius 2 is 0.935 bits per heavy atom. The molecule has 2 rings (SSSR count). The van der Waals surface area contributed by atoms with Gasteiger partial charge in [-0.1, -0.05) is 105 Å². The Bertz CT molecular complexity index is 388. The first-order valence-electron chi connectivity index (χ1n) is 14.1. The van der Waals surface area contributed by atoms with Gasteiger partial charge in [0.25, 0.3) is 0 Å². The molecule has 2 fully saturated rings. The highest BCUT2D eigenvalue weighted by atomic mass is 16.6. The van der Waals surface area contributed by atoms with Crippen LogP contribution in [-0.2, 0) is 14.2 Å². The molecule has 2 heterocycles. The highest BCUT2D eigenvalue weighted by Gasteiger charge is 2.46. The molecular formula is C28H54O3. The van der Waals surface area contributed by atoms with Crippen LogP contribution < -0.4 is 0 Å². The third-order valence-corrected chi connectivity index (χ3v) is 7.41. The zero-order valence-corrected chi connectivity index (χ0v) is 21.4. The Morgan fingerprint density at radius 3 is 1.32 bits per heavy atom. The molecule has 3 heteroatoms. The van der Waals surface area contributed by atoms with Gasteiger partial charge in [-0.2, -0.15) is 0 Å². The van der Waals surface area contributed by atoms with Gasteiger partial charge in [-0.15, -0.1) is 0 Å². The van der Waals surface area contributed by atoms with E-state index in [1.807, 2.05) is 0 Å². The maximum absolute atomic E-state index is 6.06. The highest BCUT2D eigenvalue weighted by molar-refractivity contribution is 4.93. The lowest BCUT2D eigenvalue weighted by Crippen LogP contribution is -2.17. The normalized spacial score (nSPS) is 26.7. The van der Waals surface area contributed by atoms with Gasteiger partial charge >= 0.3 is 0 Å². The molecule has 3 nitrogen and oxygen atoms in total. The molecule has 184 valence electrons. The molecule has 2 aliphatic heterocycles. The van der Waals surface area contributed by atoms with Crippen molar-refractivity contribution >= 4 is 0 Å². The maximum atomic E-state index is 6.06. The van der Waals surface area contributed by atoms with Gasteiger partial charge in [0.05, 0.1) is 25.4 Å². The Morgan fingerprint density at radius 1 is 0.516 bits per heavy atom. The summed E-state index contributed by atoms with van der Waals surface area (Å²) in [6.07, 6.45) is 23.1. The van der Waals surface area contributed by atoms with Crippen molar-refractivity contribution < 1.29 is 14.2 Å². The average Bonchev–Trinajstić information content (AvgIpc) is 3.68. The summed E-state index contributed by atoms with van der Waals surface area (Å²) in [6.45, 7) is 10.7. The maximum Gasteiger partial charge on any atom is 0.108 e. The monoisotopic (exact) mass is 438 g/mol. The summed E-state index contributed by atoms with van der Waals surface area (Å²) in [6, 6.07) is 0. The van der Waals surface area contributed by atoms with Gasteiger partial charge in [0.1, 0.15) is 12.2 Å². The predicted molar refractivity (Wildman–Crippen MR) is 132 cm³/mol. The Hall–Kier alpha value is -0.120. The molecule has 31 heavy (non-hydrogen) atoms. The molecule has 2 saturated heterocycles. The van der Waals surface area contributed by atoms with Crippen LogP contribution in [0.25, 0.3) is 0 Å². The second-order valence-electron chi connectivity index (χ2n) is 10.3. The number of hydrogen-bond donors (Lipinski definition) is 0. The number of unbranched alkanes of at least 4 members (excludes halogenated alkanes) is 8. The molecule has 2 aliphatic rings. The van der Waals surface area contributed by atoms with E-state index in [0.29, 0.717) is 24.4 Å². The fourth-order valence-electron chi connectivity index (χ4n) is 5.42. The van der Waals surface area contributed by atoms with Crippen molar-refractivity contribution in [3.63, 3.8) is 0 Å². The first-order chi connectivity index (χ1) is 15.2. The number of hydrogen-bond acceptors (Lipinski definition) is 3. The van der Waals surface area contributed by atoms with Gasteiger partial charge in [-0.25, -0.2) is 0 Å². The van der Waals surface area contributed by atoms with Crippen LogP contribution in [0.15, 0.2) is 0 Å². The van der Waals surface area contributed by atoms with Crippen LogP contribution in [0, 0.1) is 11.8 Å². The minimum Gasteiger partial charge on any atom is -0.376 e. The number of rotatable bonds is 22.